The van der Waals surface area contributed by atoms with Gasteiger partial charge in [-0.2, -0.15) is 0 Å². The van der Waals surface area contributed by atoms with Crippen LogP contribution < -0.4 is 15.4 Å². The number of carbonyl (C=O) groups excluding carboxylic acids is 3. The fraction of sp³-hybridized carbons (Fsp3) is 0.444. The summed E-state index contributed by atoms with van der Waals surface area (Å²) in [5.41, 5.74) is 1.29. The molecule has 2 aromatic rings. The third-order valence-electron chi connectivity index (χ3n) is 7.76. The van der Waals surface area contributed by atoms with Crippen molar-refractivity contribution in [3.8, 4) is 5.75 Å². The first kappa shape index (κ1) is 24.6. The Morgan fingerprint density at radius 1 is 1.06 bits per heavy atom. The van der Waals surface area contributed by atoms with E-state index in [1.165, 1.54) is 0 Å². The van der Waals surface area contributed by atoms with E-state index < -0.39 is 27.4 Å². The molecule has 2 aromatic carbocycles. The number of thioether (sulfide) groups is 1. The molecule has 0 aliphatic carbocycles. The van der Waals surface area contributed by atoms with Crippen LogP contribution in [0.25, 0.3) is 0 Å². The van der Waals surface area contributed by atoms with E-state index >= 15 is 0 Å². The number of rotatable bonds is 8. The molecule has 3 N–H and O–H groups in total. The molecule has 9 heteroatoms. The Kier molecular flexibility index (Phi) is 6.46. The van der Waals surface area contributed by atoms with Gasteiger partial charge in [0.2, 0.25) is 17.7 Å². The summed E-state index contributed by atoms with van der Waals surface area (Å²) in [5, 5.41) is 15.5. The topological polar surface area (TPSA) is 108 Å². The van der Waals surface area contributed by atoms with Crippen molar-refractivity contribution in [3.05, 3.63) is 54.6 Å². The molecule has 3 aliphatic heterocycles. The van der Waals surface area contributed by atoms with Crippen molar-refractivity contribution in [2.24, 2.45) is 11.8 Å². The molecule has 0 aromatic heterocycles. The lowest BCUT2D eigenvalue weighted by molar-refractivity contribution is -0.139. The first-order chi connectivity index (χ1) is 17.3. The minimum absolute atomic E-state index is 0.0863. The summed E-state index contributed by atoms with van der Waals surface area (Å²) in [5.74, 6) is -1.11. The summed E-state index contributed by atoms with van der Waals surface area (Å²) >= 11 is 1.63. The quantitative estimate of drug-likeness (QED) is 0.505. The van der Waals surface area contributed by atoms with E-state index in [2.05, 4.69) is 10.6 Å². The van der Waals surface area contributed by atoms with Gasteiger partial charge in [0.15, 0.2) is 0 Å². The van der Waals surface area contributed by atoms with Gasteiger partial charge < -0.3 is 25.4 Å². The predicted molar refractivity (Wildman–Crippen MR) is 139 cm³/mol. The normalized spacial score (nSPS) is 30.2. The highest BCUT2D eigenvalue weighted by molar-refractivity contribution is 8.02. The number of methoxy groups -OCH3 is 1. The van der Waals surface area contributed by atoms with Gasteiger partial charge in [-0.05, 0) is 62.6 Å². The van der Waals surface area contributed by atoms with E-state index in [0.717, 1.165) is 6.42 Å². The van der Waals surface area contributed by atoms with E-state index in [9.17, 15) is 19.5 Å². The van der Waals surface area contributed by atoms with Crippen LogP contribution >= 0.6 is 11.8 Å². The summed E-state index contributed by atoms with van der Waals surface area (Å²) in [6.07, 6.45) is 1.79. The second-order valence-corrected chi connectivity index (χ2v) is 11.8. The second kappa shape index (κ2) is 9.44. The van der Waals surface area contributed by atoms with Gasteiger partial charge in [0.1, 0.15) is 11.8 Å². The van der Waals surface area contributed by atoms with E-state index in [1.54, 1.807) is 48.0 Å². The number of hydrogen-bond acceptors (Lipinski definition) is 6. The van der Waals surface area contributed by atoms with Crippen molar-refractivity contribution >= 4 is 40.9 Å². The molecule has 0 radical (unpaired) electrons. The Labute approximate surface area is 214 Å². The molecule has 3 saturated heterocycles. The summed E-state index contributed by atoms with van der Waals surface area (Å²) in [6, 6.07) is 15.6. The smallest absolute Gasteiger partial charge is 0.248 e. The fourth-order valence-corrected chi connectivity index (χ4v) is 8.59. The van der Waals surface area contributed by atoms with Crippen LogP contribution in [-0.4, -0.2) is 63.5 Å². The van der Waals surface area contributed by atoms with Crippen LogP contribution in [0.1, 0.15) is 26.2 Å². The van der Waals surface area contributed by atoms with Crippen LogP contribution in [0, 0.1) is 11.8 Å². The van der Waals surface area contributed by atoms with Gasteiger partial charge in [0.25, 0.3) is 0 Å². The molecule has 3 aliphatic rings. The molecule has 2 bridgehead atoms. The molecule has 1 spiro atoms. The average Bonchev–Trinajstić information content (AvgIpc) is 3.44. The molecular weight excluding hydrogens is 478 g/mol. The molecular formula is C27H31N3O5S. The first-order valence-electron chi connectivity index (χ1n) is 12.3. The number of carbonyl (C=O) groups is 3. The Hall–Kier alpha value is -3.04. The highest BCUT2D eigenvalue weighted by Crippen LogP contribution is 2.71. The van der Waals surface area contributed by atoms with Gasteiger partial charge >= 0.3 is 0 Å². The first-order valence-corrected chi connectivity index (χ1v) is 13.1. The zero-order chi connectivity index (χ0) is 25.5. The maximum atomic E-state index is 13.9. The van der Waals surface area contributed by atoms with Crippen LogP contribution in [0.15, 0.2) is 54.6 Å². The second-order valence-electron chi connectivity index (χ2n) is 9.91. The lowest BCUT2D eigenvalue weighted by atomic mass is 9.66. The summed E-state index contributed by atoms with van der Waals surface area (Å²) in [7, 11) is 1.58. The van der Waals surface area contributed by atoms with Crippen LogP contribution in [0.3, 0.4) is 0 Å². The number of amides is 3. The largest absolute Gasteiger partial charge is 0.497 e. The summed E-state index contributed by atoms with van der Waals surface area (Å²) in [4.78, 5) is 42.9. The minimum Gasteiger partial charge on any atom is -0.497 e. The zero-order valence-electron chi connectivity index (χ0n) is 20.4. The molecule has 190 valence electrons. The number of likely N-dealkylation sites (tertiary alicyclic amines) is 1. The van der Waals surface area contributed by atoms with Gasteiger partial charge in [-0.3, -0.25) is 14.4 Å². The number of fused-ring (bicyclic) bond motifs is 1. The van der Waals surface area contributed by atoms with Crippen molar-refractivity contribution in [3.63, 3.8) is 0 Å². The Bertz CT molecular complexity index is 1160. The maximum absolute atomic E-state index is 13.9. The van der Waals surface area contributed by atoms with E-state index in [0.29, 0.717) is 30.0 Å². The van der Waals surface area contributed by atoms with Crippen LogP contribution in [0.5, 0.6) is 5.75 Å². The van der Waals surface area contributed by atoms with Crippen LogP contribution in [0.4, 0.5) is 11.4 Å². The van der Waals surface area contributed by atoms with E-state index in [1.807, 2.05) is 37.3 Å². The number of aliphatic hydroxyl groups is 1. The third-order valence-corrected chi connectivity index (χ3v) is 9.75. The van der Waals surface area contributed by atoms with Crippen molar-refractivity contribution in [2.75, 3.05) is 30.9 Å². The van der Waals surface area contributed by atoms with E-state index in [4.69, 9.17) is 4.74 Å². The van der Waals surface area contributed by atoms with Crippen molar-refractivity contribution in [1.29, 1.82) is 0 Å². The Morgan fingerprint density at radius 3 is 2.39 bits per heavy atom. The maximum Gasteiger partial charge on any atom is 0.248 e. The van der Waals surface area contributed by atoms with Gasteiger partial charge in [-0.25, -0.2) is 0 Å². The number of nitrogens with one attached hydrogen (secondary N) is 2. The number of benzene rings is 2. The molecule has 3 heterocycles. The molecule has 2 unspecified atom stereocenters. The molecule has 5 atom stereocenters. The highest BCUT2D eigenvalue weighted by atomic mass is 32.2. The lowest BCUT2D eigenvalue weighted by Gasteiger charge is -2.34. The number of nitrogens with zero attached hydrogens (tertiary/aromatic N) is 1. The number of aliphatic hydroxyl groups excluding tert-OH is 1. The lowest BCUT2D eigenvalue weighted by Crippen LogP contribution is -2.52. The SMILES string of the molecule is COc1ccc(NC(=O)C2N(CCCO)C(=O)[C@@H]3[C@@H](C(=O)Nc4ccccc4)[C@@]4(C)CCC23S4)cc1. The molecule has 5 rings (SSSR count). The summed E-state index contributed by atoms with van der Waals surface area (Å²) in [6.45, 7) is 2.22. The standard InChI is InChI=1S/C27H31N3O5S/c1-26-13-14-27(36-26)21(20(26)23(32)28-17-7-4-3-5-8-17)25(34)30(15-6-16-31)22(27)24(33)29-18-9-11-19(35-2)12-10-18/h3-5,7-12,20-22,31H,6,13-16H2,1-2H3,(H,28,32)(H,29,33)/t20-,21-,22?,26+,27?/m0/s1. The van der Waals surface area contributed by atoms with Gasteiger partial charge in [-0.15, -0.1) is 11.8 Å². The average molecular weight is 510 g/mol. The van der Waals surface area contributed by atoms with Crippen molar-refractivity contribution < 1.29 is 24.2 Å². The molecule has 3 fully saturated rings. The van der Waals surface area contributed by atoms with Gasteiger partial charge in [0.05, 0.1) is 23.7 Å². The number of hydrogen-bond donors (Lipinski definition) is 3. The van der Waals surface area contributed by atoms with Crippen LogP contribution in [-0.2, 0) is 14.4 Å². The number of ether oxygens (including phenoxy) is 1. The monoisotopic (exact) mass is 509 g/mol. The molecule has 0 saturated carbocycles. The van der Waals surface area contributed by atoms with Gasteiger partial charge in [0, 0.05) is 29.3 Å². The van der Waals surface area contributed by atoms with Gasteiger partial charge in [-0.1, -0.05) is 18.2 Å². The minimum atomic E-state index is -0.731. The molecule has 8 nitrogen and oxygen atoms in total. The van der Waals surface area contributed by atoms with Crippen molar-refractivity contribution in [2.45, 2.75) is 41.7 Å². The summed E-state index contributed by atoms with van der Waals surface area (Å²) < 4.78 is 4.06. The fourth-order valence-electron chi connectivity index (χ4n) is 6.24. The van der Waals surface area contributed by atoms with Crippen LogP contribution in [0.2, 0.25) is 0 Å². The Morgan fingerprint density at radius 2 is 1.72 bits per heavy atom. The van der Waals surface area contributed by atoms with Crippen molar-refractivity contribution in [1.82, 2.24) is 4.90 Å². The molecule has 3 amide bonds. The predicted octanol–water partition coefficient (Wildman–Crippen LogP) is 3.14. The Balaban J connectivity index is 1.47. The number of anilines is 2. The molecule has 36 heavy (non-hydrogen) atoms. The van der Waals surface area contributed by atoms with E-state index in [-0.39, 0.29) is 30.9 Å². The zero-order valence-corrected chi connectivity index (χ0v) is 21.2. The highest BCUT2D eigenvalue weighted by Gasteiger charge is 2.77. The number of para-hydroxylation sites is 1. The third kappa shape index (κ3) is 3.94.